The third-order valence-electron chi connectivity index (χ3n) is 4.00. The van der Waals surface area contributed by atoms with E-state index in [9.17, 15) is 4.79 Å². The van der Waals surface area contributed by atoms with Crippen LogP contribution in [0.25, 0.3) is 0 Å². The van der Waals surface area contributed by atoms with Crippen LogP contribution in [0.1, 0.15) is 30.0 Å². The number of rotatable bonds is 3. The molecule has 21 heavy (non-hydrogen) atoms. The molecule has 4 rings (SSSR count). The van der Waals surface area contributed by atoms with Crippen molar-refractivity contribution in [2.45, 2.75) is 25.2 Å². The van der Waals surface area contributed by atoms with Gasteiger partial charge in [0.15, 0.2) is 5.13 Å². The summed E-state index contributed by atoms with van der Waals surface area (Å²) in [5.74, 6) is 1.37. The molecule has 0 saturated heterocycles. The van der Waals surface area contributed by atoms with Crippen LogP contribution >= 0.6 is 11.3 Å². The van der Waals surface area contributed by atoms with Crippen LogP contribution in [0.15, 0.2) is 29.6 Å². The van der Waals surface area contributed by atoms with Gasteiger partial charge in [-0.1, -0.05) is 18.2 Å². The Bertz CT molecular complexity index is 678. The smallest absolute Gasteiger partial charge is 0.233 e. The fourth-order valence-corrected chi connectivity index (χ4v) is 3.41. The Balaban J connectivity index is 1.43. The molecule has 1 aromatic carbocycles. The number of hydrogen-bond acceptors (Lipinski definition) is 4. The third kappa shape index (κ3) is 2.65. The molecule has 2 aliphatic rings. The molecule has 1 amide bonds. The number of nitrogens with one attached hydrogen (secondary N) is 1. The second-order valence-electron chi connectivity index (χ2n) is 5.66. The van der Waals surface area contributed by atoms with Crippen molar-refractivity contribution in [3.05, 3.63) is 40.9 Å². The van der Waals surface area contributed by atoms with E-state index >= 15 is 0 Å². The van der Waals surface area contributed by atoms with E-state index in [0.29, 0.717) is 17.7 Å². The average Bonchev–Trinajstić information content (AvgIpc) is 3.27. The zero-order valence-electron chi connectivity index (χ0n) is 11.5. The molecular weight excluding hydrogens is 284 g/mol. The number of fused-ring (bicyclic) bond motifs is 1. The van der Waals surface area contributed by atoms with Crippen molar-refractivity contribution in [2.75, 3.05) is 11.9 Å². The lowest BCUT2D eigenvalue weighted by molar-refractivity contribution is -0.121. The molecule has 108 valence electrons. The van der Waals surface area contributed by atoms with E-state index in [2.05, 4.69) is 15.7 Å². The number of nitrogens with zero attached hydrogens (tertiary/aromatic N) is 1. The van der Waals surface area contributed by atoms with Crippen LogP contribution in [0, 0.1) is 5.92 Å². The molecule has 1 N–H and O–H groups in total. The first-order valence-electron chi connectivity index (χ1n) is 7.26. The van der Waals surface area contributed by atoms with Gasteiger partial charge in [0.2, 0.25) is 5.91 Å². The summed E-state index contributed by atoms with van der Waals surface area (Å²) in [5, 5.41) is 5.70. The largest absolute Gasteiger partial charge is 0.492 e. The molecule has 2 aromatic rings. The van der Waals surface area contributed by atoms with E-state index in [-0.39, 0.29) is 11.8 Å². The van der Waals surface area contributed by atoms with E-state index in [4.69, 9.17) is 4.74 Å². The predicted molar refractivity (Wildman–Crippen MR) is 81.8 cm³/mol. The van der Waals surface area contributed by atoms with Gasteiger partial charge in [-0.3, -0.25) is 4.79 Å². The number of hydrogen-bond donors (Lipinski definition) is 1. The fraction of sp³-hybridized carbons (Fsp3) is 0.375. The molecule has 2 heterocycles. The van der Waals surface area contributed by atoms with Gasteiger partial charge in [0.1, 0.15) is 12.4 Å². The third-order valence-corrected chi connectivity index (χ3v) is 4.77. The lowest BCUT2D eigenvalue weighted by Crippen LogP contribution is -2.32. The quantitative estimate of drug-likeness (QED) is 0.947. The summed E-state index contributed by atoms with van der Waals surface area (Å²) in [4.78, 5) is 16.8. The maximum atomic E-state index is 12.3. The number of ether oxygens (including phenoxy) is 1. The number of thiazole rings is 1. The normalized spacial score (nSPS) is 20.5. The Labute approximate surface area is 127 Å². The highest BCUT2D eigenvalue weighted by atomic mass is 32.1. The molecule has 0 radical (unpaired) electrons. The van der Waals surface area contributed by atoms with Gasteiger partial charge in [-0.25, -0.2) is 4.98 Å². The Hall–Kier alpha value is -1.88. The lowest BCUT2D eigenvalue weighted by Gasteiger charge is -2.24. The van der Waals surface area contributed by atoms with Crippen LogP contribution in [-0.4, -0.2) is 17.5 Å². The summed E-state index contributed by atoms with van der Waals surface area (Å²) >= 11 is 1.51. The Morgan fingerprint density at radius 1 is 1.33 bits per heavy atom. The summed E-state index contributed by atoms with van der Waals surface area (Å²) in [7, 11) is 0. The van der Waals surface area contributed by atoms with Crippen molar-refractivity contribution in [1.82, 2.24) is 4.98 Å². The molecule has 4 nitrogen and oxygen atoms in total. The second-order valence-corrected chi connectivity index (χ2v) is 6.52. The minimum Gasteiger partial charge on any atom is -0.492 e. The Kier molecular flexibility index (Phi) is 3.15. The molecule has 1 unspecified atom stereocenters. The minimum atomic E-state index is -0.145. The Morgan fingerprint density at radius 3 is 3.05 bits per heavy atom. The zero-order valence-corrected chi connectivity index (χ0v) is 12.4. The van der Waals surface area contributed by atoms with Crippen molar-refractivity contribution in [3.8, 4) is 5.75 Å². The number of para-hydroxylation sites is 1. The zero-order chi connectivity index (χ0) is 14.2. The standard InChI is InChI=1S/C16H16N2O2S/c19-15(18-16-17-13(9-21-16)10-5-6-10)12-7-11-3-1-2-4-14(11)20-8-12/h1-4,9-10,12H,5-8H2,(H,17,18,19). The van der Waals surface area contributed by atoms with Crippen molar-refractivity contribution in [3.63, 3.8) is 0 Å². The summed E-state index contributed by atoms with van der Waals surface area (Å²) in [6.45, 7) is 0.434. The molecule has 5 heteroatoms. The van der Waals surface area contributed by atoms with E-state index in [1.165, 1.54) is 24.2 Å². The number of carbonyl (C=O) groups is 1. The first kappa shape index (κ1) is 12.8. The predicted octanol–water partition coefficient (Wildman–Crippen LogP) is 3.21. The van der Waals surface area contributed by atoms with Crippen LogP contribution < -0.4 is 10.1 Å². The molecule has 1 aliphatic carbocycles. The van der Waals surface area contributed by atoms with Gasteiger partial charge in [-0.05, 0) is 30.9 Å². The topological polar surface area (TPSA) is 51.2 Å². The SMILES string of the molecule is O=C(Nc1nc(C2CC2)cs1)C1COc2ccccc2C1. The molecule has 0 spiro atoms. The van der Waals surface area contributed by atoms with Crippen molar-refractivity contribution in [1.29, 1.82) is 0 Å². The highest BCUT2D eigenvalue weighted by molar-refractivity contribution is 7.13. The van der Waals surface area contributed by atoms with Gasteiger partial charge < -0.3 is 10.1 Å². The molecule has 1 atom stereocenters. The number of aromatic nitrogens is 1. The maximum Gasteiger partial charge on any atom is 0.233 e. The molecule has 1 aromatic heterocycles. The van der Waals surface area contributed by atoms with Gasteiger partial charge in [-0.15, -0.1) is 11.3 Å². The lowest BCUT2D eigenvalue weighted by atomic mass is 9.96. The van der Waals surface area contributed by atoms with Gasteiger partial charge in [0, 0.05) is 11.3 Å². The van der Waals surface area contributed by atoms with E-state index in [1.54, 1.807) is 0 Å². The second kappa shape index (κ2) is 5.15. The van der Waals surface area contributed by atoms with Crippen LogP contribution in [0.4, 0.5) is 5.13 Å². The van der Waals surface area contributed by atoms with Crippen molar-refractivity contribution in [2.24, 2.45) is 5.92 Å². The fourth-order valence-electron chi connectivity index (χ4n) is 2.61. The highest BCUT2D eigenvalue weighted by Crippen LogP contribution is 2.41. The summed E-state index contributed by atoms with van der Waals surface area (Å²) < 4.78 is 5.67. The average molecular weight is 300 g/mol. The Morgan fingerprint density at radius 2 is 2.19 bits per heavy atom. The number of benzene rings is 1. The molecule has 1 fully saturated rings. The van der Waals surface area contributed by atoms with Crippen LogP contribution in [0.3, 0.4) is 0 Å². The molecule has 1 aliphatic heterocycles. The maximum absolute atomic E-state index is 12.3. The van der Waals surface area contributed by atoms with Gasteiger partial charge in [0.25, 0.3) is 0 Å². The first-order valence-corrected chi connectivity index (χ1v) is 8.14. The van der Waals surface area contributed by atoms with Gasteiger partial charge >= 0.3 is 0 Å². The molecule has 0 bridgehead atoms. The van der Waals surface area contributed by atoms with Gasteiger partial charge in [-0.2, -0.15) is 0 Å². The molecular formula is C16H16N2O2S. The van der Waals surface area contributed by atoms with Crippen molar-refractivity contribution < 1.29 is 9.53 Å². The van der Waals surface area contributed by atoms with Crippen LogP contribution in [0.2, 0.25) is 0 Å². The summed E-state index contributed by atoms with van der Waals surface area (Å²) in [6.07, 6.45) is 3.18. The van der Waals surface area contributed by atoms with Gasteiger partial charge in [0.05, 0.1) is 11.6 Å². The minimum absolute atomic E-state index is 0.00111. The van der Waals surface area contributed by atoms with E-state index in [1.807, 2.05) is 24.3 Å². The van der Waals surface area contributed by atoms with E-state index in [0.717, 1.165) is 23.4 Å². The van der Waals surface area contributed by atoms with Crippen LogP contribution in [0.5, 0.6) is 5.75 Å². The molecule has 1 saturated carbocycles. The highest BCUT2D eigenvalue weighted by Gasteiger charge is 2.28. The number of carbonyl (C=O) groups excluding carboxylic acids is 1. The first-order chi connectivity index (χ1) is 10.3. The van der Waals surface area contributed by atoms with Crippen molar-refractivity contribution >= 4 is 22.4 Å². The summed E-state index contributed by atoms with van der Waals surface area (Å²) in [5.41, 5.74) is 2.22. The number of anilines is 1. The summed E-state index contributed by atoms with van der Waals surface area (Å²) in [6, 6.07) is 7.90. The monoisotopic (exact) mass is 300 g/mol. The van der Waals surface area contributed by atoms with Crippen LogP contribution in [-0.2, 0) is 11.2 Å². The number of amides is 1. The van der Waals surface area contributed by atoms with E-state index < -0.39 is 0 Å².